The highest BCUT2D eigenvalue weighted by Gasteiger charge is 2.46. The summed E-state index contributed by atoms with van der Waals surface area (Å²) in [4.78, 5) is 8.11. The molecule has 2 atom stereocenters. The SMILES string of the molecule is C=C(/C=C1/C[C@H]2CC2/C1=C/C)OCc1cc(-c2c(F)cc(OCCCNC)cc2C(F)(F)F)ccc1F.O=NO. The molecule has 0 spiro atoms. The van der Waals surface area contributed by atoms with Crippen LogP contribution in [0.4, 0.5) is 22.0 Å². The number of allylic oxidation sites excluding steroid dienone is 4. The second-order valence-electron chi connectivity index (χ2n) is 9.49. The third-order valence-electron chi connectivity index (χ3n) is 6.78. The molecular weight excluding hydrogens is 535 g/mol. The normalized spacial score (nSPS) is 19.6. The number of nitrogens with one attached hydrogen (secondary N) is 1. The van der Waals surface area contributed by atoms with Gasteiger partial charge in [-0.1, -0.05) is 18.7 Å². The Labute approximate surface area is 229 Å². The van der Waals surface area contributed by atoms with Crippen LogP contribution in [0.1, 0.15) is 37.3 Å². The summed E-state index contributed by atoms with van der Waals surface area (Å²) in [6, 6.07) is 5.01. The largest absolute Gasteiger partial charge is 0.493 e. The third kappa shape index (κ3) is 7.68. The number of hydrogen-bond donors (Lipinski definition) is 2. The highest BCUT2D eigenvalue weighted by molar-refractivity contribution is 5.70. The van der Waals surface area contributed by atoms with Gasteiger partial charge in [-0.25, -0.2) is 8.78 Å². The molecule has 2 fully saturated rings. The smallest absolute Gasteiger partial charge is 0.417 e. The summed E-state index contributed by atoms with van der Waals surface area (Å²) in [5.74, 6) is -0.390. The van der Waals surface area contributed by atoms with Crippen molar-refractivity contribution < 1.29 is 36.6 Å². The van der Waals surface area contributed by atoms with Gasteiger partial charge in [-0.3, -0.25) is 0 Å². The molecule has 0 radical (unpaired) electrons. The minimum atomic E-state index is -4.85. The molecule has 1 unspecified atom stereocenters. The minimum Gasteiger partial charge on any atom is -0.493 e. The van der Waals surface area contributed by atoms with E-state index < -0.39 is 28.9 Å². The van der Waals surface area contributed by atoms with Gasteiger partial charge in [0.05, 0.1) is 12.2 Å². The van der Waals surface area contributed by atoms with Crippen LogP contribution in [0.2, 0.25) is 0 Å². The van der Waals surface area contributed by atoms with E-state index in [-0.39, 0.29) is 30.1 Å². The van der Waals surface area contributed by atoms with Gasteiger partial charge in [-0.05, 0) is 92.6 Å². The third-order valence-corrected chi connectivity index (χ3v) is 6.78. The average molecular weight is 567 g/mol. The molecule has 2 saturated carbocycles. The quantitative estimate of drug-likeness (QED) is 0.101. The number of benzene rings is 2. The van der Waals surface area contributed by atoms with Crippen molar-refractivity contribution in [2.45, 2.75) is 39.0 Å². The van der Waals surface area contributed by atoms with Crippen molar-refractivity contribution in [1.82, 2.24) is 5.32 Å². The van der Waals surface area contributed by atoms with Gasteiger partial charge in [-0.15, -0.1) is 4.91 Å². The first kappa shape index (κ1) is 30.8. The second kappa shape index (κ2) is 13.6. The fraction of sp³-hybridized carbons (Fsp3) is 0.379. The van der Waals surface area contributed by atoms with Gasteiger partial charge in [0, 0.05) is 17.2 Å². The first-order valence-electron chi connectivity index (χ1n) is 12.7. The lowest BCUT2D eigenvalue weighted by Crippen LogP contribution is -2.13. The lowest BCUT2D eigenvalue weighted by atomic mass is 9.96. The first-order chi connectivity index (χ1) is 19.0. The monoisotopic (exact) mass is 566 g/mol. The van der Waals surface area contributed by atoms with Crippen LogP contribution in [0.25, 0.3) is 11.1 Å². The predicted octanol–water partition coefficient (Wildman–Crippen LogP) is 7.72. The highest BCUT2D eigenvalue weighted by atomic mass is 19.4. The Bertz CT molecular complexity index is 1290. The number of halogens is 5. The van der Waals surface area contributed by atoms with Gasteiger partial charge >= 0.3 is 6.18 Å². The van der Waals surface area contributed by atoms with Crippen molar-refractivity contribution in [2.75, 3.05) is 20.2 Å². The number of alkyl halides is 3. The Morgan fingerprint density at radius 3 is 2.60 bits per heavy atom. The maximum absolute atomic E-state index is 15.0. The lowest BCUT2D eigenvalue weighted by Gasteiger charge is -2.17. The number of nitrogens with zero attached hydrogens (tertiary/aromatic N) is 1. The fourth-order valence-electron chi connectivity index (χ4n) is 4.90. The van der Waals surface area contributed by atoms with E-state index in [1.54, 1.807) is 7.05 Å². The Morgan fingerprint density at radius 2 is 1.95 bits per heavy atom. The van der Waals surface area contributed by atoms with E-state index in [0.717, 1.165) is 36.3 Å². The summed E-state index contributed by atoms with van der Waals surface area (Å²) in [7, 11) is 1.74. The van der Waals surface area contributed by atoms with Gasteiger partial charge < -0.3 is 20.0 Å². The Balaban J connectivity index is 0.00000141. The van der Waals surface area contributed by atoms with Crippen LogP contribution < -0.4 is 10.1 Å². The van der Waals surface area contributed by atoms with E-state index in [2.05, 4.69) is 18.0 Å². The van der Waals surface area contributed by atoms with Crippen LogP contribution in [0.5, 0.6) is 5.75 Å². The lowest BCUT2D eigenvalue weighted by molar-refractivity contribution is -0.137. The molecule has 6 nitrogen and oxygen atoms in total. The molecule has 0 bridgehead atoms. The minimum absolute atomic E-state index is 0.00232. The summed E-state index contributed by atoms with van der Waals surface area (Å²) < 4.78 is 82.2. The molecule has 0 aliphatic heterocycles. The molecule has 0 amide bonds. The van der Waals surface area contributed by atoms with Crippen molar-refractivity contribution in [2.24, 2.45) is 17.2 Å². The van der Waals surface area contributed by atoms with Crippen molar-refractivity contribution in [3.63, 3.8) is 0 Å². The number of fused-ring (bicyclic) bond motifs is 1. The Kier molecular flexibility index (Phi) is 10.4. The van der Waals surface area contributed by atoms with E-state index in [1.165, 1.54) is 23.4 Å². The summed E-state index contributed by atoms with van der Waals surface area (Å²) in [6.07, 6.45) is 1.76. The van der Waals surface area contributed by atoms with Crippen LogP contribution >= 0.6 is 0 Å². The van der Waals surface area contributed by atoms with Crippen LogP contribution in [0.3, 0.4) is 0 Å². The molecule has 2 aromatic carbocycles. The summed E-state index contributed by atoms with van der Waals surface area (Å²) in [6.45, 7) is 6.36. The first-order valence-corrected chi connectivity index (χ1v) is 12.7. The van der Waals surface area contributed by atoms with Gasteiger partial charge in [0.2, 0.25) is 0 Å². The number of ether oxygens (including phenoxy) is 2. The molecular formula is C29H31F5N2O4. The number of hydrogen-bond acceptors (Lipinski definition) is 5. The maximum atomic E-state index is 15.0. The van der Waals surface area contributed by atoms with Crippen molar-refractivity contribution in [1.29, 1.82) is 0 Å². The van der Waals surface area contributed by atoms with Crippen LogP contribution in [-0.2, 0) is 17.5 Å². The Hall–Kier alpha value is -3.73. The zero-order valence-corrected chi connectivity index (χ0v) is 22.2. The predicted molar refractivity (Wildman–Crippen MR) is 140 cm³/mol. The van der Waals surface area contributed by atoms with E-state index in [9.17, 15) is 17.6 Å². The topological polar surface area (TPSA) is 80.2 Å². The zero-order chi connectivity index (χ0) is 29.4. The van der Waals surface area contributed by atoms with Crippen molar-refractivity contribution in [3.05, 3.63) is 93.6 Å². The molecule has 2 aromatic rings. The van der Waals surface area contributed by atoms with Crippen LogP contribution in [0.15, 0.2) is 71.3 Å². The highest BCUT2D eigenvalue weighted by Crippen LogP contribution is 2.57. The second-order valence-corrected chi connectivity index (χ2v) is 9.49. The molecule has 40 heavy (non-hydrogen) atoms. The summed E-state index contributed by atoms with van der Waals surface area (Å²) in [5, 5.41) is 10.8. The molecule has 4 rings (SSSR count). The summed E-state index contributed by atoms with van der Waals surface area (Å²) in [5.41, 5.74) is 0.461. The van der Waals surface area contributed by atoms with Crippen LogP contribution in [-0.4, -0.2) is 25.4 Å². The average Bonchev–Trinajstić information content (AvgIpc) is 3.56. The van der Waals surface area contributed by atoms with Gasteiger partial charge in [0.1, 0.15) is 29.8 Å². The van der Waals surface area contributed by atoms with Gasteiger partial charge in [0.15, 0.2) is 5.34 Å². The maximum Gasteiger partial charge on any atom is 0.417 e. The molecule has 216 valence electrons. The zero-order valence-electron chi connectivity index (χ0n) is 22.2. The van der Waals surface area contributed by atoms with Gasteiger partial charge in [-0.2, -0.15) is 13.2 Å². The fourth-order valence-corrected chi connectivity index (χ4v) is 4.90. The van der Waals surface area contributed by atoms with Gasteiger partial charge in [0.25, 0.3) is 0 Å². The molecule has 2 aliphatic rings. The molecule has 0 saturated heterocycles. The molecule has 2 aliphatic carbocycles. The standard InChI is InChI=1S/C29H30F5NO2.HNO2/c1-4-23-19(12-20-13-24(20)23)10-17(2)37-16-21-11-18(6-7-26(21)30)28-25(29(32,33)34)14-22(15-27(28)31)36-9-5-8-35-3;2-1-3/h4,6-7,10-11,14-15,20,24,35H,2,5,8-9,12-13,16H2,1,3H3;(H,2,3)/b19-10-,23-4+;/t20-,24?;/m0./s1. The Morgan fingerprint density at radius 1 is 1.23 bits per heavy atom. The number of rotatable bonds is 10. The van der Waals surface area contributed by atoms with Crippen molar-refractivity contribution >= 4 is 0 Å². The van der Waals surface area contributed by atoms with E-state index in [1.807, 2.05) is 13.0 Å². The molecule has 2 N–H and O–H groups in total. The van der Waals surface area contributed by atoms with Crippen molar-refractivity contribution in [3.8, 4) is 16.9 Å². The summed E-state index contributed by atoms with van der Waals surface area (Å²) >= 11 is 0. The van der Waals surface area contributed by atoms with E-state index >= 15 is 4.39 Å². The van der Waals surface area contributed by atoms with Crippen LogP contribution in [0, 0.1) is 28.4 Å². The van der Waals surface area contributed by atoms with E-state index in [4.69, 9.17) is 19.6 Å². The molecule has 0 aromatic heterocycles. The molecule has 0 heterocycles. The molecule has 11 heteroatoms. The van der Waals surface area contributed by atoms with E-state index in [0.29, 0.717) is 30.6 Å².